The number of aryl methyl sites for hydroxylation is 1. The van der Waals surface area contributed by atoms with Gasteiger partial charge in [-0.1, -0.05) is 35.9 Å². The van der Waals surface area contributed by atoms with Gasteiger partial charge in [-0.25, -0.2) is 9.38 Å². The van der Waals surface area contributed by atoms with Gasteiger partial charge in [-0.05, 0) is 25.1 Å². The van der Waals surface area contributed by atoms with Crippen LogP contribution >= 0.6 is 0 Å². The number of guanidine groups is 1. The Balaban J connectivity index is 1.83. The molecule has 24 heavy (non-hydrogen) atoms. The summed E-state index contributed by atoms with van der Waals surface area (Å²) in [7, 11) is 0. The second-order valence-electron chi connectivity index (χ2n) is 5.59. The van der Waals surface area contributed by atoms with E-state index in [1.807, 2.05) is 13.0 Å². The number of nitrogens with zero attached hydrogens (tertiary/aromatic N) is 1. The Kier molecular flexibility index (Phi) is 4.37. The van der Waals surface area contributed by atoms with Gasteiger partial charge >= 0.3 is 0 Å². The monoisotopic (exact) mass is 325 g/mol. The third kappa shape index (κ3) is 3.48. The fourth-order valence-corrected chi connectivity index (χ4v) is 2.55. The van der Waals surface area contributed by atoms with Crippen LogP contribution in [0.1, 0.15) is 33.9 Å². The van der Waals surface area contributed by atoms with Crippen LogP contribution in [-0.2, 0) is 4.79 Å². The molecular formula is C18H16FN3O2. The number of hydrogen-bond acceptors (Lipinski definition) is 3. The van der Waals surface area contributed by atoms with E-state index in [9.17, 15) is 14.0 Å². The van der Waals surface area contributed by atoms with Crippen molar-refractivity contribution in [3.8, 4) is 0 Å². The molecule has 0 aromatic heterocycles. The molecule has 2 amide bonds. The SMILES string of the molecule is Cc1cccc(C(=O)NC2=N[C@@H](c3ccccc3F)CC(=O)N2)c1. The lowest BCUT2D eigenvalue weighted by molar-refractivity contribution is -0.120. The molecule has 1 heterocycles. The summed E-state index contributed by atoms with van der Waals surface area (Å²) < 4.78 is 13.9. The molecule has 0 fully saturated rings. The number of carbonyl (C=O) groups is 2. The van der Waals surface area contributed by atoms with Crippen LogP contribution in [0.25, 0.3) is 0 Å². The summed E-state index contributed by atoms with van der Waals surface area (Å²) >= 11 is 0. The van der Waals surface area contributed by atoms with Crippen molar-refractivity contribution in [2.75, 3.05) is 0 Å². The molecule has 1 atom stereocenters. The van der Waals surface area contributed by atoms with Crippen molar-refractivity contribution < 1.29 is 14.0 Å². The average Bonchev–Trinajstić information content (AvgIpc) is 2.54. The first-order valence-electron chi connectivity index (χ1n) is 7.53. The van der Waals surface area contributed by atoms with Crippen LogP contribution in [0.5, 0.6) is 0 Å². The zero-order valence-electron chi connectivity index (χ0n) is 13.0. The zero-order valence-corrected chi connectivity index (χ0v) is 13.0. The summed E-state index contributed by atoms with van der Waals surface area (Å²) in [4.78, 5) is 28.4. The molecule has 2 aromatic rings. The number of carbonyl (C=O) groups excluding carboxylic acids is 2. The molecule has 2 N–H and O–H groups in total. The number of rotatable bonds is 2. The molecule has 0 saturated carbocycles. The molecule has 2 aromatic carbocycles. The lowest BCUT2D eigenvalue weighted by Gasteiger charge is -2.21. The Bertz CT molecular complexity index is 833. The van der Waals surface area contributed by atoms with Crippen molar-refractivity contribution in [3.05, 3.63) is 71.0 Å². The van der Waals surface area contributed by atoms with Crippen molar-refractivity contribution in [3.63, 3.8) is 0 Å². The third-order valence-electron chi connectivity index (χ3n) is 3.70. The molecule has 1 aliphatic heterocycles. The van der Waals surface area contributed by atoms with Gasteiger partial charge in [0.05, 0.1) is 12.5 Å². The third-order valence-corrected chi connectivity index (χ3v) is 3.70. The lowest BCUT2D eigenvalue weighted by atomic mass is 10.0. The normalized spacial score (nSPS) is 17.0. The molecular weight excluding hydrogens is 309 g/mol. The average molecular weight is 325 g/mol. The number of nitrogens with one attached hydrogen (secondary N) is 2. The summed E-state index contributed by atoms with van der Waals surface area (Å²) in [6, 6.07) is 12.6. The maximum absolute atomic E-state index is 13.9. The van der Waals surface area contributed by atoms with Crippen molar-refractivity contribution in [2.45, 2.75) is 19.4 Å². The second-order valence-corrected chi connectivity index (χ2v) is 5.59. The van der Waals surface area contributed by atoms with Gasteiger partial charge in [0.2, 0.25) is 11.9 Å². The minimum absolute atomic E-state index is 0.0325. The van der Waals surface area contributed by atoms with Crippen LogP contribution in [0.4, 0.5) is 4.39 Å². The molecule has 0 spiro atoms. The fraction of sp³-hybridized carbons (Fsp3) is 0.167. The Morgan fingerprint density at radius 3 is 2.79 bits per heavy atom. The molecule has 0 saturated heterocycles. The van der Waals surface area contributed by atoms with Gasteiger partial charge in [-0.15, -0.1) is 0 Å². The number of amides is 2. The highest BCUT2D eigenvalue weighted by atomic mass is 19.1. The van der Waals surface area contributed by atoms with Crippen LogP contribution in [0.3, 0.4) is 0 Å². The first-order chi connectivity index (χ1) is 11.5. The Morgan fingerprint density at radius 2 is 2.04 bits per heavy atom. The van der Waals surface area contributed by atoms with Crippen molar-refractivity contribution in [1.29, 1.82) is 0 Å². The highest BCUT2D eigenvalue weighted by molar-refractivity contribution is 6.10. The first kappa shape index (κ1) is 15.9. The van der Waals surface area contributed by atoms with Crippen LogP contribution in [-0.4, -0.2) is 17.8 Å². The highest BCUT2D eigenvalue weighted by Crippen LogP contribution is 2.25. The first-order valence-corrected chi connectivity index (χ1v) is 7.53. The number of halogens is 1. The molecule has 3 rings (SSSR count). The lowest BCUT2D eigenvalue weighted by Crippen LogP contribution is -2.47. The van der Waals surface area contributed by atoms with E-state index in [-0.39, 0.29) is 24.2 Å². The highest BCUT2D eigenvalue weighted by Gasteiger charge is 2.25. The number of aliphatic imine (C=N–C) groups is 1. The van der Waals surface area contributed by atoms with Crippen molar-refractivity contribution >= 4 is 17.8 Å². The van der Waals surface area contributed by atoms with E-state index in [1.165, 1.54) is 6.07 Å². The molecule has 1 aliphatic rings. The molecule has 6 heteroatoms. The van der Waals surface area contributed by atoms with Crippen molar-refractivity contribution in [2.24, 2.45) is 4.99 Å². The van der Waals surface area contributed by atoms with Crippen LogP contribution in [0.15, 0.2) is 53.5 Å². The summed E-state index contributed by atoms with van der Waals surface area (Å²) in [5.74, 6) is -1.10. The zero-order chi connectivity index (χ0) is 17.1. The topological polar surface area (TPSA) is 70.6 Å². The second kappa shape index (κ2) is 6.62. The van der Waals surface area contributed by atoms with Gasteiger partial charge in [0.25, 0.3) is 5.91 Å². The molecule has 0 unspecified atom stereocenters. The minimum Gasteiger partial charge on any atom is -0.296 e. The Labute approximate surface area is 138 Å². The summed E-state index contributed by atoms with van der Waals surface area (Å²) in [5.41, 5.74) is 1.73. The van der Waals surface area contributed by atoms with E-state index in [4.69, 9.17) is 0 Å². The van der Waals surface area contributed by atoms with Gasteiger partial charge in [0, 0.05) is 11.1 Å². The molecule has 0 radical (unpaired) electrons. The molecule has 0 bridgehead atoms. The van der Waals surface area contributed by atoms with Crippen LogP contribution in [0.2, 0.25) is 0 Å². The Hall–Kier alpha value is -3.02. The predicted octanol–water partition coefficient (Wildman–Crippen LogP) is 2.48. The largest absolute Gasteiger partial charge is 0.296 e. The fourth-order valence-electron chi connectivity index (χ4n) is 2.55. The van der Waals surface area contributed by atoms with Gasteiger partial charge in [-0.2, -0.15) is 0 Å². The van der Waals surface area contributed by atoms with E-state index in [1.54, 1.807) is 36.4 Å². The Morgan fingerprint density at radius 1 is 1.25 bits per heavy atom. The molecule has 5 nitrogen and oxygen atoms in total. The van der Waals surface area contributed by atoms with E-state index in [0.29, 0.717) is 11.1 Å². The molecule has 122 valence electrons. The van der Waals surface area contributed by atoms with Crippen molar-refractivity contribution in [1.82, 2.24) is 10.6 Å². The van der Waals surface area contributed by atoms with Gasteiger partial charge < -0.3 is 0 Å². The van der Waals surface area contributed by atoms with Gasteiger partial charge in [-0.3, -0.25) is 20.2 Å². The smallest absolute Gasteiger partial charge is 0.257 e. The summed E-state index contributed by atoms with van der Waals surface area (Å²) in [6.45, 7) is 1.88. The predicted molar refractivity (Wildman–Crippen MR) is 88.0 cm³/mol. The van der Waals surface area contributed by atoms with Crippen LogP contribution < -0.4 is 10.6 Å². The minimum atomic E-state index is -0.659. The van der Waals surface area contributed by atoms with E-state index in [0.717, 1.165) is 5.56 Å². The summed E-state index contributed by atoms with van der Waals surface area (Å²) in [5, 5.41) is 5.08. The number of benzene rings is 2. The van der Waals surface area contributed by atoms with Crippen LogP contribution in [0, 0.1) is 12.7 Å². The summed E-state index contributed by atoms with van der Waals surface area (Å²) in [6.07, 6.45) is 0.0325. The van der Waals surface area contributed by atoms with E-state index in [2.05, 4.69) is 15.6 Å². The number of hydrogen-bond donors (Lipinski definition) is 2. The standard InChI is InChI=1S/C18H16FN3O2/c1-11-5-4-6-12(9-11)17(24)22-18-20-15(10-16(23)21-18)13-7-2-3-8-14(13)19/h2-9,15H,10H2,1H3,(H2,20,21,22,23,24)/t15-/m1/s1. The quantitative estimate of drug-likeness (QED) is 0.890. The van der Waals surface area contributed by atoms with Gasteiger partial charge in [0.15, 0.2) is 0 Å². The maximum Gasteiger partial charge on any atom is 0.257 e. The van der Waals surface area contributed by atoms with Gasteiger partial charge in [0.1, 0.15) is 5.82 Å². The van der Waals surface area contributed by atoms with E-state index < -0.39 is 11.9 Å². The van der Waals surface area contributed by atoms with E-state index >= 15 is 0 Å². The molecule has 0 aliphatic carbocycles. The maximum atomic E-state index is 13.9.